The standard InChI is InChI=1S/C28H30N2O5/c1-19-26(21-14-8-5-9-15-21)35-28(33)30(29(19)2)27(32)23(18-20-12-6-4-7-13-20)25(31)22-16-10-11-17-24(22)34-3/h4-17,19,23,25-26,31H,18H2,1-3H3/t19-,23-,25+,26-/m0/s1. The molecule has 7 heteroatoms. The molecule has 0 bridgehead atoms. The van der Waals surface area contributed by atoms with E-state index in [-0.39, 0.29) is 12.5 Å². The number of carbonyl (C=O) groups is 2. The molecular formula is C28H30N2O5. The van der Waals surface area contributed by atoms with Crippen molar-refractivity contribution in [3.05, 3.63) is 102 Å². The number of aliphatic hydroxyl groups excluding tert-OH is 1. The normalized spacial score (nSPS) is 20.1. The quantitative estimate of drug-likeness (QED) is 0.542. The van der Waals surface area contributed by atoms with Gasteiger partial charge in [-0.05, 0) is 30.5 Å². The monoisotopic (exact) mass is 474 g/mol. The molecule has 7 nitrogen and oxygen atoms in total. The maximum atomic E-state index is 13.9. The van der Waals surface area contributed by atoms with Gasteiger partial charge in [0.2, 0.25) is 0 Å². The highest BCUT2D eigenvalue weighted by atomic mass is 16.6. The van der Waals surface area contributed by atoms with Crippen molar-refractivity contribution in [3.8, 4) is 5.75 Å². The van der Waals surface area contributed by atoms with Crippen LogP contribution < -0.4 is 4.74 Å². The number of carbonyl (C=O) groups excluding carboxylic acids is 2. The van der Waals surface area contributed by atoms with Gasteiger partial charge in [-0.3, -0.25) is 4.79 Å². The molecule has 4 rings (SSSR count). The van der Waals surface area contributed by atoms with Crippen LogP contribution in [0, 0.1) is 5.92 Å². The maximum absolute atomic E-state index is 13.9. The van der Waals surface area contributed by atoms with E-state index < -0.39 is 30.1 Å². The number of benzene rings is 3. The third-order valence-electron chi connectivity index (χ3n) is 6.53. The second kappa shape index (κ2) is 10.7. The Hall–Kier alpha value is -3.68. The first-order valence-electron chi connectivity index (χ1n) is 11.6. The summed E-state index contributed by atoms with van der Waals surface area (Å²) in [6.07, 6.45) is -2.27. The van der Waals surface area contributed by atoms with E-state index >= 15 is 0 Å². The summed E-state index contributed by atoms with van der Waals surface area (Å²) < 4.78 is 11.2. The third kappa shape index (κ3) is 5.06. The predicted molar refractivity (Wildman–Crippen MR) is 131 cm³/mol. The highest BCUT2D eigenvalue weighted by Crippen LogP contribution is 2.36. The van der Waals surface area contributed by atoms with Gasteiger partial charge in [-0.2, -0.15) is 5.01 Å². The number of hydrogen-bond donors (Lipinski definition) is 1. The van der Waals surface area contributed by atoms with E-state index in [9.17, 15) is 14.7 Å². The molecule has 1 heterocycles. The first-order valence-corrected chi connectivity index (χ1v) is 11.6. The van der Waals surface area contributed by atoms with Crippen molar-refractivity contribution in [1.29, 1.82) is 0 Å². The number of likely N-dealkylation sites (N-methyl/N-ethyl adjacent to an activating group) is 1. The van der Waals surface area contributed by atoms with E-state index in [1.54, 1.807) is 36.3 Å². The minimum absolute atomic E-state index is 0.229. The number of methoxy groups -OCH3 is 1. The average molecular weight is 475 g/mol. The summed E-state index contributed by atoms with van der Waals surface area (Å²) >= 11 is 0. The molecule has 2 amide bonds. The Morgan fingerprint density at radius 1 is 1.00 bits per heavy atom. The number of amides is 2. The Morgan fingerprint density at radius 3 is 2.26 bits per heavy atom. The van der Waals surface area contributed by atoms with E-state index in [2.05, 4.69) is 0 Å². The number of aliphatic hydroxyl groups is 1. The molecule has 182 valence electrons. The SMILES string of the molecule is COc1ccccc1[C@@H](O)[C@H](Cc1ccccc1)C(=O)N1C(=O)O[C@H](c2ccccc2)[C@H](C)N1C. The second-order valence-electron chi connectivity index (χ2n) is 8.66. The third-order valence-corrected chi connectivity index (χ3v) is 6.53. The van der Waals surface area contributed by atoms with E-state index in [1.165, 1.54) is 7.11 Å². The smallest absolute Gasteiger partial charge is 0.432 e. The van der Waals surface area contributed by atoms with E-state index in [0.717, 1.165) is 16.1 Å². The topological polar surface area (TPSA) is 79.3 Å². The number of nitrogens with zero attached hydrogens (tertiary/aromatic N) is 2. The molecule has 1 fully saturated rings. The Kier molecular flexibility index (Phi) is 7.48. The highest BCUT2D eigenvalue weighted by molar-refractivity contribution is 5.93. The van der Waals surface area contributed by atoms with Crippen molar-refractivity contribution < 1.29 is 24.2 Å². The van der Waals surface area contributed by atoms with E-state index in [1.807, 2.05) is 67.6 Å². The van der Waals surface area contributed by atoms with Gasteiger partial charge in [-0.1, -0.05) is 78.9 Å². The molecule has 0 unspecified atom stereocenters. The molecule has 1 aliphatic rings. The summed E-state index contributed by atoms with van der Waals surface area (Å²) in [4.78, 5) is 27.1. The fourth-order valence-corrected chi connectivity index (χ4v) is 4.49. The lowest BCUT2D eigenvalue weighted by molar-refractivity contribution is -0.170. The lowest BCUT2D eigenvalue weighted by Crippen LogP contribution is -2.60. The molecule has 1 N–H and O–H groups in total. The van der Waals surface area contributed by atoms with Gasteiger partial charge in [0.1, 0.15) is 11.9 Å². The molecule has 35 heavy (non-hydrogen) atoms. The van der Waals surface area contributed by atoms with Crippen molar-refractivity contribution in [1.82, 2.24) is 10.0 Å². The molecule has 1 saturated heterocycles. The van der Waals surface area contributed by atoms with Gasteiger partial charge in [0, 0.05) is 12.6 Å². The predicted octanol–water partition coefficient (Wildman–Crippen LogP) is 4.54. The Morgan fingerprint density at radius 2 is 1.60 bits per heavy atom. The van der Waals surface area contributed by atoms with Crippen molar-refractivity contribution >= 4 is 12.0 Å². The van der Waals surface area contributed by atoms with Crippen molar-refractivity contribution in [3.63, 3.8) is 0 Å². The number of cyclic esters (lactones) is 1. The van der Waals surface area contributed by atoms with Crippen LogP contribution in [0.15, 0.2) is 84.9 Å². The summed E-state index contributed by atoms with van der Waals surface area (Å²) in [5, 5.41) is 14.0. The maximum Gasteiger partial charge on any atom is 0.432 e. The molecule has 0 radical (unpaired) electrons. The van der Waals surface area contributed by atoms with Crippen LogP contribution >= 0.6 is 0 Å². The molecule has 0 spiro atoms. The van der Waals surface area contributed by atoms with Crippen LogP contribution in [-0.4, -0.2) is 47.3 Å². The van der Waals surface area contributed by atoms with Gasteiger partial charge < -0.3 is 14.6 Å². The van der Waals surface area contributed by atoms with E-state index in [0.29, 0.717) is 11.3 Å². The van der Waals surface area contributed by atoms with Gasteiger partial charge in [-0.15, -0.1) is 0 Å². The zero-order valence-electron chi connectivity index (χ0n) is 20.1. The van der Waals surface area contributed by atoms with Gasteiger partial charge in [0.25, 0.3) is 5.91 Å². The first-order chi connectivity index (χ1) is 16.9. The summed E-state index contributed by atoms with van der Waals surface area (Å²) in [5.41, 5.74) is 2.19. The fraction of sp³-hybridized carbons (Fsp3) is 0.286. The lowest BCUT2D eigenvalue weighted by atomic mass is 9.88. The van der Waals surface area contributed by atoms with Crippen LogP contribution in [-0.2, 0) is 16.0 Å². The average Bonchev–Trinajstić information content (AvgIpc) is 2.90. The number of hydrogen-bond acceptors (Lipinski definition) is 6. The van der Waals surface area contributed by atoms with Crippen LogP contribution in [0.2, 0.25) is 0 Å². The molecule has 1 aliphatic heterocycles. The molecule has 0 aromatic heterocycles. The summed E-state index contributed by atoms with van der Waals surface area (Å²) in [6, 6.07) is 25.6. The number of imide groups is 1. The van der Waals surface area contributed by atoms with Crippen LogP contribution in [0.4, 0.5) is 4.79 Å². The molecule has 4 atom stereocenters. The van der Waals surface area contributed by atoms with Crippen LogP contribution in [0.1, 0.15) is 35.8 Å². The van der Waals surface area contributed by atoms with Crippen LogP contribution in [0.25, 0.3) is 0 Å². The Balaban J connectivity index is 1.66. The molecule has 0 aliphatic carbocycles. The molecule has 3 aromatic rings. The number of rotatable bonds is 7. The number of para-hydroxylation sites is 1. The van der Waals surface area contributed by atoms with Crippen LogP contribution in [0.3, 0.4) is 0 Å². The Labute approximate surface area is 205 Å². The van der Waals surface area contributed by atoms with Gasteiger partial charge in [0.15, 0.2) is 0 Å². The summed E-state index contributed by atoms with van der Waals surface area (Å²) in [5.74, 6) is -1.03. The van der Waals surface area contributed by atoms with Gasteiger partial charge in [-0.25, -0.2) is 9.80 Å². The van der Waals surface area contributed by atoms with Crippen molar-refractivity contribution in [2.45, 2.75) is 31.6 Å². The first kappa shape index (κ1) is 24.4. The Bertz CT molecular complexity index is 1150. The molecule has 0 saturated carbocycles. The minimum atomic E-state index is -1.21. The zero-order valence-corrected chi connectivity index (χ0v) is 20.1. The van der Waals surface area contributed by atoms with Crippen molar-refractivity contribution in [2.75, 3.05) is 14.2 Å². The van der Waals surface area contributed by atoms with Gasteiger partial charge in [0.05, 0.1) is 25.2 Å². The van der Waals surface area contributed by atoms with Gasteiger partial charge >= 0.3 is 6.09 Å². The lowest BCUT2D eigenvalue weighted by Gasteiger charge is -2.44. The summed E-state index contributed by atoms with van der Waals surface area (Å²) in [7, 11) is 3.20. The zero-order chi connectivity index (χ0) is 24.9. The number of ether oxygens (including phenoxy) is 2. The number of hydrazine groups is 1. The van der Waals surface area contributed by atoms with Crippen LogP contribution in [0.5, 0.6) is 5.75 Å². The largest absolute Gasteiger partial charge is 0.496 e. The van der Waals surface area contributed by atoms with Crippen molar-refractivity contribution in [2.24, 2.45) is 5.92 Å². The highest BCUT2D eigenvalue weighted by Gasteiger charge is 2.45. The molecule has 3 aromatic carbocycles. The summed E-state index contributed by atoms with van der Waals surface area (Å²) in [6.45, 7) is 1.90. The fourth-order valence-electron chi connectivity index (χ4n) is 4.49. The minimum Gasteiger partial charge on any atom is -0.496 e. The van der Waals surface area contributed by atoms with E-state index in [4.69, 9.17) is 9.47 Å². The molecular weight excluding hydrogens is 444 g/mol. The second-order valence-corrected chi connectivity index (χ2v) is 8.66.